The monoisotopic (exact) mass is 610 g/mol. The molecule has 5 aliphatic rings. The molecule has 2 aliphatic heterocycles. The number of nitrogens with zero attached hydrogens (tertiary/aromatic N) is 2. The fourth-order valence-electron chi connectivity index (χ4n) is 8.44. The van der Waals surface area contributed by atoms with Crippen LogP contribution in [0.1, 0.15) is 65.5 Å². The van der Waals surface area contributed by atoms with Crippen molar-refractivity contribution in [3.63, 3.8) is 0 Å². The summed E-state index contributed by atoms with van der Waals surface area (Å²) in [6, 6.07) is 29.0. The van der Waals surface area contributed by atoms with E-state index in [0.29, 0.717) is 11.4 Å². The van der Waals surface area contributed by atoms with E-state index in [1.807, 2.05) is 42.5 Å². The first-order valence-electron chi connectivity index (χ1n) is 16.2. The van der Waals surface area contributed by atoms with Crippen LogP contribution in [-0.4, -0.2) is 30.2 Å². The zero-order chi connectivity index (χ0) is 31.7. The van der Waals surface area contributed by atoms with Crippen LogP contribution in [0, 0.1) is 17.8 Å². The molecule has 7 nitrogen and oxygen atoms in total. The lowest BCUT2D eigenvalue weighted by Gasteiger charge is -2.45. The predicted molar refractivity (Wildman–Crippen MR) is 174 cm³/mol. The molecule has 3 amide bonds. The van der Waals surface area contributed by atoms with Crippen LogP contribution in [0.3, 0.4) is 0 Å². The number of hydrogen-bond donors (Lipinski definition) is 0. The van der Waals surface area contributed by atoms with E-state index in [2.05, 4.69) is 38.1 Å². The van der Waals surface area contributed by atoms with Crippen molar-refractivity contribution in [2.45, 2.75) is 44.9 Å². The van der Waals surface area contributed by atoms with Gasteiger partial charge < -0.3 is 9.64 Å². The highest BCUT2D eigenvalue weighted by atomic mass is 16.5. The average Bonchev–Trinajstić information content (AvgIpc) is 3.61. The molecule has 4 aromatic rings. The molecule has 2 fully saturated rings. The van der Waals surface area contributed by atoms with Crippen LogP contribution in [-0.2, 0) is 32.0 Å². The SMILES string of the molecule is CCc1cccc(CC)c1N1C[C@H](C(=O)Oc2ccc(N3C(=O)[C@@H]4C5c6ccccc6C(c6ccccc65)[C@@H]4C3=O)cc2)CC1=O. The van der Waals surface area contributed by atoms with Crippen LogP contribution in [0.5, 0.6) is 5.75 Å². The quantitative estimate of drug-likeness (QED) is 0.148. The number of para-hydroxylation sites is 1. The van der Waals surface area contributed by atoms with Crippen molar-refractivity contribution >= 4 is 35.1 Å². The first-order chi connectivity index (χ1) is 22.4. The molecular weight excluding hydrogens is 576 g/mol. The van der Waals surface area contributed by atoms with Crippen LogP contribution < -0.4 is 14.5 Å². The summed E-state index contributed by atoms with van der Waals surface area (Å²) in [6.45, 7) is 4.40. The summed E-state index contributed by atoms with van der Waals surface area (Å²) in [7, 11) is 0. The third-order valence-electron chi connectivity index (χ3n) is 10.5. The molecular formula is C39H34N2O5. The number of hydrogen-bond acceptors (Lipinski definition) is 5. The number of ether oxygens (including phenoxy) is 1. The van der Waals surface area contributed by atoms with Crippen molar-refractivity contribution in [1.29, 1.82) is 0 Å². The number of aryl methyl sites for hydroxylation is 2. The number of rotatable bonds is 6. The van der Waals surface area contributed by atoms with Crippen molar-refractivity contribution in [2.75, 3.05) is 16.3 Å². The number of imide groups is 1. The molecule has 9 rings (SSSR count). The molecule has 46 heavy (non-hydrogen) atoms. The molecule has 3 atom stereocenters. The standard InChI is InChI=1S/C39H34N2O5/c1-3-22-10-9-11-23(4-2)36(22)40-21-24(20-31(40)42)39(45)46-26-18-16-25(17-19-26)41-37(43)34-32-27-12-5-6-13-28(27)33(35(34)38(41)44)30-15-8-7-14-29(30)32/h5-19,24,32-35H,3-4,20-21H2,1-2H3/t24-,32?,33?,34-,35+/m1/s1. The first kappa shape index (κ1) is 28.4. The molecule has 0 radical (unpaired) electrons. The second-order valence-electron chi connectivity index (χ2n) is 12.7. The molecule has 230 valence electrons. The normalized spacial score (nSPS) is 24.2. The van der Waals surface area contributed by atoms with E-state index in [4.69, 9.17) is 4.74 Å². The lowest BCUT2D eigenvalue weighted by molar-refractivity contribution is -0.139. The topological polar surface area (TPSA) is 84.0 Å². The highest BCUT2D eigenvalue weighted by Crippen LogP contribution is 2.61. The summed E-state index contributed by atoms with van der Waals surface area (Å²) < 4.78 is 5.73. The van der Waals surface area contributed by atoms with Gasteiger partial charge in [-0.25, -0.2) is 4.90 Å². The van der Waals surface area contributed by atoms with Crippen LogP contribution in [0.2, 0.25) is 0 Å². The van der Waals surface area contributed by atoms with Gasteiger partial charge in [-0.2, -0.15) is 0 Å². The number of carbonyl (C=O) groups is 4. The molecule has 0 unspecified atom stereocenters. The Kier molecular flexibility index (Phi) is 6.67. The van der Waals surface area contributed by atoms with Crippen LogP contribution >= 0.6 is 0 Å². The van der Waals surface area contributed by atoms with Gasteiger partial charge in [0.05, 0.1) is 23.4 Å². The second-order valence-corrected chi connectivity index (χ2v) is 12.7. The minimum Gasteiger partial charge on any atom is -0.426 e. The number of amides is 3. The van der Waals surface area contributed by atoms with Crippen LogP contribution in [0.4, 0.5) is 11.4 Å². The molecule has 2 heterocycles. The Balaban J connectivity index is 1.01. The molecule has 2 bridgehead atoms. The van der Waals surface area contributed by atoms with E-state index >= 15 is 0 Å². The highest BCUT2D eigenvalue weighted by Gasteiger charge is 2.61. The maximum absolute atomic E-state index is 14.0. The Morgan fingerprint density at radius 3 is 1.67 bits per heavy atom. The van der Waals surface area contributed by atoms with Gasteiger partial charge in [0.2, 0.25) is 17.7 Å². The number of esters is 1. The fraction of sp³-hybridized carbons (Fsp3) is 0.282. The maximum Gasteiger partial charge on any atom is 0.316 e. The van der Waals surface area contributed by atoms with Crippen molar-refractivity contribution in [1.82, 2.24) is 0 Å². The fourth-order valence-corrected chi connectivity index (χ4v) is 8.44. The summed E-state index contributed by atoms with van der Waals surface area (Å²) >= 11 is 0. The zero-order valence-corrected chi connectivity index (χ0v) is 25.8. The highest BCUT2D eigenvalue weighted by molar-refractivity contribution is 6.23. The number of carbonyl (C=O) groups excluding carboxylic acids is 4. The molecule has 0 saturated carbocycles. The van der Waals surface area contributed by atoms with Gasteiger partial charge in [-0.3, -0.25) is 19.2 Å². The van der Waals surface area contributed by atoms with Gasteiger partial charge in [-0.1, -0.05) is 80.6 Å². The Morgan fingerprint density at radius 1 is 0.696 bits per heavy atom. The largest absolute Gasteiger partial charge is 0.426 e. The molecule has 4 aromatic carbocycles. The molecule has 7 heteroatoms. The summed E-state index contributed by atoms with van der Waals surface area (Å²) in [6.07, 6.45) is 1.67. The average molecular weight is 611 g/mol. The zero-order valence-electron chi connectivity index (χ0n) is 25.8. The lowest BCUT2D eigenvalue weighted by Crippen LogP contribution is -2.41. The maximum atomic E-state index is 14.0. The van der Waals surface area contributed by atoms with Gasteiger partial charge in [0.25, 0.3) is 0 Å². The minimum atomic E-state index is -0.592. The van der Waals surface area contributed by atoms with E-state index < -0.39 is 23.7 Å². The number of anilines is 2. The van der Waals surface area contributed by atoms with Crippen LogP contribution in [0.25, 0.3) is 0 Å². The van der Waals surface area contributed by atoms with E-state index in [0.717, 1.165) is 51.9 Å². The Hall–Kier alpha value is -5.04. The van der Waals surface area contributed by atoms with Gasteiger partial charge >= 0.3 is 5.97 Å². The van der Waals surface area contributed by atoms with Gasteiger partial charge in [-0.05, 0) is 70.5 Å². The van der Waals surface area contributed by atoms with Gasteiger partial charge in [0, 0.05) is 30.5 Å². The van der Waals surface area contributed by atoms with Gasteiger partial charge in [0.1, 0.15) is 5.75 Å². The summed E-state index contributed by atoms with van der Waals surface area (Å²) in [4.78, 5) is 57.5. The van der Waals surface area contributed by atoms with Crippen molar-refractivity contribution < 1.29 is 23.9 Å². The molecule has 3 aliphatic carbocycles. The first-order valence-corrected chi connectivity index (χ1v) is 16.2. The summed E-state index contributed by atoms with van der Waals surface area (Å²) in [5.74, 6) is -2.50. The van der Waals surface area contributed by atoms with Crippen molar-refractivity contribution in [2.24, 2.45) is 17.8 Å². The van der Waals surface area contributed by atoms with E-state index in [9.17, 15) is 19.2 Å². The number of benzene rings is 4. The van der Waals surface area contributed by atoms with Gasteiger partial charge in [0.15, 0.2) is 0 Å². The molecule has 2 saturated heterocycles. The van der Waals surface area contributed by atoms with E-state index in [-0.39, 0.29) is 42.5 Å². The van der Waals surface area contributed by atoms with Crippen molar-refractivity contribution in [3.05, 3.63) is 124 Å². The smallest absolute Gasteiger partial charge is 0.316 e. The van der Waals surface area contributed by atoms with E-state index in [1.54, 1.807) is 29.2 Å². The minimum absolute atomic E-state index is 0.0845. The Morgan fingerprint density at radius 2 is 1.20 bits per heavy atom. The van der Waals surface area contributed by atoms with Gasteiger partial charge in [-0.15, -0.1) is 0 Å². The van der Waals surface area contributed by atoms with Crippen LogP contribution in [0.15, 0.2) is 91.0 Å². The molecule has 0 spiro atoms. The Labute approximate surface area is 267 Å². The summed E-state index contributed by atoms with van der Waals surface area (Å²) in [5.41, 5.74) is 8.07. The third-order valence-corrected chi connectivity index (χ3v) is 10.5. The lowest BCUT2D eigenvalue weighted by atomic mass is 9.55. The summed E-state index contributed by atoms with van der Waals surface area (Å²) in [5, 5.41) is 0. The predicted octanol–water partition coefficient (Wildman–Crippen LogP) is 6.17. The molecule has 0 aromatic heterocycles. The van der Waals surface area contributed by atoms with E-state index in [1.165, 1.54) is 4.90 Å². The molecule has 0 N–H and O–H groups in total. The Bertz CT molecular complexity index is 1790. The van der Waals surface area contributed by atoms with Crippen molar-refractivity contribution in [3.8, 4) is 5.75 Å². The third kappa shape index (κ3) is 4.10. The second kappa shape index (κ2) is 10.8.